The summed E-state index contributed by atoms with van der Waals surface area (Å²) in [7, 11) is 1.13. The van der Waals surface area contributed by atoms with Gasteiger partial charge in [0.1, 0.15) is 11.9 Å². The Hall–Kier alpha value is -2.05. The van der Waals surface area contributed by atoms with Gasteiger partial charge in [0.05, 0.1) is 12.7 Å². The maximum atomic E-state index is 13.1. The van der Waals surface area contributed by atoms with Crippen LogP contribution in [0.15, 0.2) is 30.9 Å². The Balaban J connectivity index is 3.03. The second kappa shape index (κ2) is 5.73. The highest BCUT2D eigenvalue weighted by molar-refractivity contribution is 5.81. The third-order valence-electron chi connectivity index (χ3n) is 2.28. The van der Waals surface area contributed by atoms with Gasteiger partial charge in [0.2, 0.25) is 0 Å². The summed E-state index contributed by atoms with van der Waals surface area (Å²) in [4.78, 5) is 11.2. The molecule has 1 rings (SSSR count). The first-order chi connectivity index (χ1) is 8.79. The monoisotopic (exact) mass is 277 g/mol. The third kappa shape index (κ3) is 3.70. The minimum Gasteiger partial charge on any atom is -0.467 e. The van der Waals surface area contributed by atoms with Crippen molar-refractivity contribution in [2.45, 2.75) is 12.2 Å². The zero-order valence-corrected chi connectivity index (χ0v) is 9.92. The number of alkyl halides is 3. The maximum Gasteiger partial charge on any atom is 0.419 e. The van der Waals surface area contributed by atoms with Crippen LogP contribution in [0.3, 0.4) is 0 Å². The normalized spacial score (nSPS) is 12.7. The first kappa shape index (κ1) is 15.0. The Morgan fingerprint density at radius 3 is 2.58 bits per heavy atom. The van der Waals surface area contributed by atoms with Crippen molar-refractivity contribution in [3.05, 3.63) is 42.2 Å². The lowest BCUT2D eigenvalue weighted by Gasteiger charge is -2.15. The number of carbonyl (C=O) groups is 1. The molecule has 1 atom stereocenters. The van der Waals surface area contributed by atoms with Crippen molar-refractivity contribution in [2.75, 3.05) is 12.4 Å². The minimum absolute atomic E-state index is 0.0657. The average molecular weight is 277 g/mol. The average Bonchev–Trinajstić information content (AvgIpc) is 2.35. The first-order valence-electron chi connectivity index (χ1n) is 5.13. The van der Waals surface area contributed by atoms with Gasteiger partial charge in [-0.15, -0.1) is 6.58 Å². The molecule has 1 aromatic rings. The molecule has 0 aliphatic rings. The highest BCUT2D eigenvalue weighted by atomic mass is 19.4. The molecule has 0 spiro atoms. The van der Waals surface area contributed by atoms with E-state index in [-0.39, 0.29) is 5.69 Å². The molecule has 0 heterocycles. The summed E-state index contributed by atoms with van der Waals surface area (Å²) in [5.74, 6) is -2.10. The predicted octanol–water partition coefficient (Wildman–Crippen LogP) is 2.98. The molecule has 0 radical (unpaired) electrons. The summed E-state index contributed by atoms with van der Waals surface area (Å²) in [5, 5.41) is 2.46. The quantitative estimate of drug-likeness (QED) is 0.522. The van der Waals surface area contributed by atoms with Crippen LogP contribution >= 0.6 is 0 Å². The summed E-state index contributed by atoms with van der Waals surface area (Å²) in [6, 6.07) is 1.32. The number of ether oxygens (including phenoxy) is 1. The largest absolute Gasteiger partial charge is 0.467 e. The van der Waals surface area contributed by atoms with Gasteiger partial charge in [-0.25, -0.2) is 9.18 Å². The molecular weight excluding hydrogens is 266 g/mol. The number of nitrogens with one attached hydrogen (secondary N) is 1. The molecule has 0 fully saturated rings. The second-order valence-electron chi connectivity index (χ2n) is 3.57. The summed E-state index contributed by atoms with van der Waals surface area (Å²) >= 11 is 0. The molecule has 1 aromatic carbocycles. The molecule has 7 heteroatoms. The van der Waals surface area contributed by atoms with Crippen LogP contribution in [0.4, 0.5) is 23.2 Å². The van der Waals surface area contributed by atoms with Crippen molar-refractivity contribution in [2.24, 2.45) is 0 Å². The van der Waals surface area contributed by atoms with Crippen LogP contribution < -0.4 is 5.32 Å². The Bertz CT molecular complexity index is 485. The van der Waals surface area contributed by atoms with Gasteiger partial charge in [0, 0.05) is 5.69 Å². The molecule has 104 valence electrons. The van der Waals surface area contributed by atoms with Gasteiger partial charge in [0.15, 0.2) is 0 Å². The SMILES string of the molecule is C=CC(Nc1ccc(F)c(C(F)(F)F)c1)C(=O)OC. The van der Waals surface area contributed by atoms with Crippen molar-refractivity contribution in [1.29, 1.82) is 0 Å². The van der Waals surface area contributed by atoms with Gasteiger partial charge in [-0.2, -0.15) is 13.2 Å². The van der Waals surface area contributed by atoms with Gasteiger partial charge >= 0.3 is 12.1 Å². The molecule has 19 heavy (non-hydrogen) atoms. The number of hydrogen-bond donors (Lipinski definition) is 1. The molecule has 0 aliphatic carbocycles. The number of carbonyl (C=O) groups excluding carboxylic acids is 1. The highest BCUT2D eigenvalue weighted by Crippen LogP contribution is 2.33. The van der Waals surface area contributed by atoms with E-state index in [1.807, 2.05) is 0 Å². The molecule has 0 saturated carbocycles. The van der Waals surface area contributed by atoms with Crippen LogP contribution in [0.1, 0.15) is 5.56 Å². The van der Waals surface area contributed by atoms with Gasteiger partial charge < -0.3 is 10.1 Å². The highest BCUT2D eigenvalue weighted by Gasteiger charge is 2.34. The van der Waals surface area contributed by atoms with Crippen LogP contribution in [0.25, 0.3) is 0 Å². The number of halogens is 4. The Morgan fingerprint density at radius 2 is 2.11 bits per heavy atom. The Morgan fingerprint density at radius 1 is 1.47 bits per heavy atom. The lowest BCUT2D eigenvalue weighted by atomic mass is 10.1. The predicted molar refractivity (Wildman–Crippen MR) is 61.0 cm³/mol. The fourth-order valence-electron chi connectivity index (χ4n) is 1.35. The molecule has 3 nitrogen and oxygen atoms in total. The lowest BCUT2D eigenvalue weighted by Crippen LogP contribution is -2.28. The van der Waals surface area contributed by atoms with E-state index in [1.165, 1.54) is 6.08 Å². The Kier molecular flexibility index (Phi) is 4.52. The van der Waals surface area contributed by atoms with Crippen molar-refractivity contribution in [3.8, 4) is 0 Å². The number of esters is 1. The molecule has 1 N–H and O–H groups in total. The first-order valence-corrected chi connectivity index (χ1v) is 5.13. The van der Waals surface area contributed by atoms with Gasteiger partial charge in [-0.1, -0.05) is 6.08 Å². The van der Waals surface area contributed by atoms with Gasteiger partial charge in [0.25, 0.3) is 0 Å². The number of rotatable bonds is 4. The van der Waals surface area contributed by atoms with E-state index < -0.39 is 29.6 Å². The van der Waals surface area contributed by atoms with E-state index in [0.717, 1.165) is 13.2 Å². The van der Waals surface area contributed by atoms with E-state index in [0.29, 0.717) is 12.1 Å². The number of methoxy groups -OCH3 is 1. The standard InChI is InChI=1S/C12H11F4NO2/c1-3-10(11(18)19-2)17-7-4-5-9(13)8(6-7)12(14,15)16/h3-6,10,17H,1H2,2H3. The zero-order chi connectivity index (χ0) is 14.6. The molecule has 0 aromatic heterocycles. The Labute approximate surface area is 106 Å². The van der Waals surface area contributed by atoms with Crippen LogP contribution in [0.5, 0.6) is 0 Å². The smallest absolute Gasteiger partial charge is 0.419 e. The number of hydrogen-bond acceptors (Lipinski definition) is 3. The van der Waals surface area contributed by atoms with Crippen LogP contribution in [0, 0.1) is 5.82 Å². The van der Waals surface area contributed by atoms with Crippen LogP contribution in [0.2, 0.25) is 0 Å². The van der Waals surface area contributed by atoms with E-state index in [4.69, 9.17) is 0 Å². The van der Waals surface area contributed by atoms with Crippen molar-refractivity contribution in [3.63, 3.8) is 0 Å². The molecule has 1 unspecified atom stereocenters. The molecule has 0 aliphatic heterocycles. The summed E-state index contributed by atoms with van der Waals surface area (Å²) in [5.41, 5.74) is -1.48. The topological polar surface area (TPSA) is 38.3 Å². The number of benzene rings is 1. The summed E-state index contributed by atoms with van der Waals surface area (Å²) in [6.07, 6.45) is -3.64. The van der Waals surface area contributed by atoms with Crippen LogP contribution in [-0.4, -0.2) is 19.1 Å². The summed E-state index contributed by atoms with van der Waals surface area (Å²) in [6.45, 7) is 3.36. The molecule has 0 bridgehead atoms. The van der Waals surface area contributed by atoms with E-state index in [2.05, 4.69) is 16.6 Å². The van der Waals surface area contributed by atoms with Crippen molar-refractivity contribution in [1.82, 2.24) is 0 Å². The minimum atomic E-state index is -4.81. The van der Waals surface area contributed by atoms with Gasteiger partial charge in [-0.3, -0.25) is 0 Å². The molecular formula is C12H11F4NO2. The second-order valence-corrected chi connectivity index (χ2v) is 3.57. The third-order valence-corrected chi connectivity index (χ3v) is 2.28. The van der Waals surface area contributed by atoms with Crippen molar-refractivity contribution >= 4 is 11.7 Å². The van der Waals surface area contributed by atoms with E-state index in [9.17, 15) is 22.4 Å². The zero-order valence-electron chi connectivity index (χ0n) is 9.92. The fourth-order valence-corrected chi connectivity index (χ4v) is 1.35. The maximum absolute atomic E-state index is 13.1. The summed E-state index contributed by atoms with van der Waals surface area (Å²) < 4.78 is 55.0. The van der Waals surface area contributed by atoms with E-state index in [1.54, 1.807) is 0 Å². The van der Waals surface area contributed by atoms with E-state index >= 15 is 0 Å². The lowest BCUT2D eigenvalue weighted by molar-refractivity contribution is -0.140. The fraction of sp³-hybridized carbons (Fsp3) is 0.250. The van der Waals surface area contributed by atoms with Gasteiger partial charge in [-0.05, 0) is 18.2 Å². The number of anilines is 1. The molecule has 0 amide bonds. The molecule has 0 saturated heterocycles. The van der Waals surface area contributed by atoms with Crippen LogP contribution in [-0.2, 0) is 15.7 Å². The van der Waals surface area contributed by atoms with Crippen molar-refractivity contribution < 1.29 is 27.1 Å².